The molecule has 1 aromatic heterocycles. The number of carbonyl (C=O) groups excluding carboxylic acids is 2. The maximum atomic E-state index is 12.1. The van der Waals surface area contributed by atoms with Gasteiger partial charge in [-0.25, -0.2) is 9.78 Å². The van der Waals surface area contributed by atoms with Gasteiger partial charge in [0.1, 0.15) is 0 Å². The average Bonchev–Trinajstić information content (AvgIpc) is 3.21. The minimum absolute atomic E-state index is 0.152. The van der Waals surface area contributed by atoms with E-state index >= 15 is 0 Å². The smallest absolute Gasteiger partial charge is 0.315 e. The third-order valence-corrected chi connectivity index (χ3v) is 5.11. The fourth-order valence-electron chi connectivity index (χ4n) is 2.87. The van der Waals surface area contributed by atoms with Crippen molar-refractivity contribution in [1.82, 2.24) is 15.6 Å². The van der Waals surface area contributed by atoms with Gasteiger partial charge in [-0.1, -0.05) is 12.1 Å². The largest absolute Gasteiger partial charge is 0.333 e. The van der Waals surface area contributed by atoms with Gasteiger partial charge in [0.05, 0.1) is 17.6 Å². The number of hydrogen-bond acceptors (Lipinski definition) is 4. The number of thiazole rings is 1. The van der Waals surface area contributed by atoms with E-state index in [0.717, 1.165) is 34.1 Å². The van der Waals surface area contributed by atoms with E-state index < -0.39 is 0 Å². The predicted octanol–water partition coefficient (Wildman–Crippen LogP) is 3.14. The molecule has 25 heavy (non-hydrogen) atoms. The highest BCUT2D eigenvalue weighted by atomic mass is 32.1. The number of hydrogen-bond donors (Lipinski definition) is 2. The van der Waals surface area contributed by atoms with Crippen molar-refractivity contribution in [2.24, 2.45) is 0 Å². The lowest BCUT2D eigenvalue weighted by molar-refractivity contribution is -0.117. The Bertz CT molecular complexity index is 774. The molecule has 3 amide bonds. The number of benzene rings is 1. The van der Waals surface area contributed by atoms with Crippen LogP contribution in [0.25, 0.3) is 0 Å². The highest BCUT2D eigenvalue weighted by molar-refractivity contribution is 7.11. The lowest BCUT2D eigenvalue weighted by atomic mass is 10.1. The molecule has 1 fully saturated rings. The first kappa shape index (κ1) is 17.4. The van der Waals surface area contributed by atoms with E-state index in [0.29, 0.717) is 13.0 Å². The summed E-state index contributed by atoms with van der Waals surface area (Å²) in [5.41, 5.74) is 1.87. The van der Waals surface area contributed by atoms with Crippen molar-refractivity contribution in [2.75, 3.05) is 11.4 Å². The Labute approximate surface area is 151 Å². The van der Waals surface area contributed by atoms with Crippen LogP contribution < -0.4 is 15.5 Å². The van der Waals surface area contributed by atoms with E-state index in [1.807, 2.05) is 43.0 Å². The maximum absolute atomic E-state index is 12.1. The fourth-order valence-corrected chi connectivity index (χ4v) is 3.60. The van der Waals surface area contributed by atoms with Gasteiger partial charge in [0, 0.05) is 29.7 Å². The van der Waals surface area contributed by atoms with Crippen LogP contribution in [-0.2, 0) is 11.3 Å². The molecule has 1 atom stereocenters. The van der Waals surface area contributed by atoms with E-state index in [2.05, 4.69) is 15.6 Å². The standard InChI is InChI=1S/C18H22N4O2S/c1-12(21-18(24)20-11-16-10-19-13(2)25-16)14-5-3-6-15(9-14)22-8-4-7-17(22)23/h3,5-6,9-10,12H,4,7-8,11H2,1-2H3,(H2,20,21,24). The van der Waals surface area contributed by atoms with Crippen LogP contribution in [0.4, 0.5) is 10.5 Å². The number of carbonyl (C=O) groups is 2. The van der Waals surface area contributed by atoms with Crippen LogP contribution in [0.15, 0.2) is 30.5 Å². The molecule has 0 spiro atoms. The summed E-state index contributed by atoms with van der Waals surface area (Å²) in [6, 6.07) is 7.42. The molecule has 7 heteroatoms. The molecule has 1 aromatic carbocycles. The number of aryl methyl sites for hydroxylation is 1. The zero-order valence-corrected chi connectivity index (χ0v) is 15.2. The fraction of sp³-hybridized carbons (Fsp3) is 0.389. The van der Waals surface area contributed by atoms with E-state index in [-0.39, 0.29) is 18.0 Å². The van der Waals surface area contributed by atoms with Gasteiger partial charge in [0.15, 0.2) is 0 Å². The van der Waals surface area contributed by atoms with Crippen LogP contribution in [0.3, 0.4) is 0 Å². The molecule has 1 saturated heterocycles. The number of nitrogens with zero attached hydrogens (tertiary/aromatic N) is 2. The number of amides is 3. The number of nitrogens with one attached hydrogen (secondary N) is 2. The van der Waals surface area contributed by atoms with Gasteiger partial charge >= 0.3 is 6.03 Å². The van der Waals surface area contributed by atoms with Crippen LogP contribution >= 0.6 is 11.3 Å². The second kappa shape index (κ2) is 7.65. The molecule has 1 unspecified atom stereocenters. The van der Waals surface area contributed by atoms with Crippen LogP contribution in [0.1, 0.15) is 41.3 Å². The Balaban J connectivity index is 1.58. The highest BCUT2D eigenvalue weighted by Gasteiger charge is 2.22. The van der Waals surface area contributed by atoms with E-state index in [4.69, 9.17) is 0 Å². The minimum Gasteiger partial charge on any atom is -0.333 e. The SMILES string of the molecule is Cc1ncc(CNC(=O)NC(C)c2cccc(N3CCCC3=O)c2)s1. The summed E-state index contributed by atoms with van der Waals surface area (Å²) < 4.78 is 0. The lowest BCUT2D eigenvalue weighted by Gasteiger charge is -2.19. The molecule has 132 valence electrons. The van der Waals surface area contributed by atoms with Crippen molar-refractivity contribution < 1.29 is 9.59 Å². The first-order valence-electron chi connectivity index (χ1n) is 8.39. The summed E-state index contributed by atoms with van der Waals surface area (Å²) in [7, 11) is 0. The quantitative estimate of drug-likeness (QED) is 0.862. The van der Waals surface area contributed by atoms with Gasteiger partial charge < -0.3 is 15.5 Å². The van der Waals surface area contributed by atoms with Gasteiger partial charge in [0.25, 0.3) is 0 Å². The first-order valence-corrected chi connectivity index (χ1v) is 9.20. The maximum Gasteiger partial charge on any atom is 0.315 e. The molecule has 1 aliphatic heterocycles. The molecule has 0 radical (unpaired) electrons. The van der Waals surface area contributed by atoms with Crippen LogP contribution in [-0.4, -0.2) is 23.5 Å². The second-order valence-corrected chi connectivity index (χ2v) is 7.46. The van der Waals surface area contributed by atoms with Gasteiger partial charge in [-0.05, 0) is 38.0 Å². The summed E-state index contributed by atoms with van der Waals surface area (Å²) in [6.45, 7) is 5.10. The molecule has 2 N–H and O–H groups in total. The van der Waals surface area contributed by atoms with E-state index in [1.54, 1.807) is 17.5 Å². The van der Waals surface area contributed by atoms with Gasteiger partial charge in [-0.2, -0.15) is 0 Å². The van der Waals surface area contributed by atoms with Crippen LogP contribution in [0.2, 0.25) is 0 Å². The predicted molar refractivity (Wildman–Crippen MR) is 98.7 cm³/mol. The molecule has 1 aliphatic rings. The summed E-state index contributed by atoms with van der Waals surface area (Å²) in [4.78, 5) is 31.0. The van der Waals surface area contributed by atoms with Crippen LogP contribution in [0.5, 0.6) is 0 Å². The highest BCUT2D eigenvalue weighted by Crippen LogP contribution is 2.24. The summed E-state index contributed by atoms with van der Waals surface area (Å²) >= 11 is 1.57. The molecule has 0 saturated carbocycles. The Morgan fingerprint density at radius 3 is 2.96 bits per heavy atom. The van der Waals surface area contributed by atoms with Crippen molar-refractivity contribution in [2.45, 2.75) is 39.3 Å². The summed E-state index contributed by atoms with van der Waals surface area (Å²) in [5, 5.41) is 6.76. The van der Waals surface area contributed by atoms with Crippen molar-refractivity contribution >= 4 is 29.0 Å². The van der Waals surface area contributed by atoms with E-state index in [9.17, 15) is 9.59 Å². The van der Waals surface area contributed by atoms with Gasteiger partial charge in [0.2, 0.25) is 5.91 Å². The second-order valence-electron chi connectivity index (χ2n) is 6.14. The molecule has 0 aliphatic carbocycles. The molecule has 2 aromatic rings. The zero-order valence-electron chi connectivity index (χ0n) is 14.4. The number of urea groups is 1. The van der Waals surface area contributed by atoms with Crippen LogP contribution in [0, 0.1) is 6.92 Å². The first-order chi connectivity index (χ1) is 12.0. The van der Waals surface area contributed by atoms with Crippen molar-refractivity contribution in [3.8, 4) is 0 Å². The topological polar surface area (TPSA) is 74.3 Å². The van der Waals surface area contributed by atoms with Crippen molar-refractivity contribution in [3.63, 3.8) is 0 Å². The molecule has 3 rings (SSSR count). The summed E-state index contributed by atoms with van der Waals surface area (Å²) in [6.07, 6.45) is 3.29. The number of anilines is 1. The molecular formula is C18H22N4O2S. The van der Waals surface area contributed by atoms with Crippen molar-refractivity contribution in [3.05, 3.63) is 45.9 Å². The van der Waals surface area contributed by atoms with E-state index in [1.165, 1.54) is 0 Å². The Hall–Kier alpha value is -2.41. The Morgan fingerprint density at radius 2 is 2.28 bits per heavy atom. The monoisotopic (exact) mass is 358 g/mol. The number of rotatable bonds is 5. The summed E-state index contributed by atoms with van der Waals surface area (Å²) in [5.74, 6) is 0.162. The number of aromatic nitrogens is 1. The average molecular weight is 358 g/mol. The van der Waals surface area contributed by atoms with Gasteiger partial charge in [-0.3, -0.25) is 4.79 Å². The Morgan fingerprint density at radius 1 is 1.44 bits per heavy atom. The van der Waals surface area contributed by atoms with Gasteiger partial charge in [-0.15, -0.1) is 11.3 Å². The normalized spacial score (nSPS) is 15.3. The molecule has 0 bridgehead atoms. The minimum atomic E-state index is -0.221. The molecular weight excluding hydrogens is 336 g/mol. The van der Waals surface area contributed by atoms with Crippen molar-refractivity contribution in [1.29, 1.82) is 0 Å². The Kier molecular flexibility index (Phi) is 5.33. The lowest BCUT2D eigenvalue weighted by Crippen LogP contribution is -2.36. The third-order valence-electron chi connectivity index (χ3n) is 4.20. The molecule has 2 heterocycles. The third kappa shape index (κ3) is 4.36. The zero-order chi connectivity index (χ0) is 17.8. The molecule has 6 nitrogen and oxygen atoms in total.